The van der Waals surface area contributed by atoms with Gasteiger partial charge in [-0.15, -0.1) is 0 Å². The van der Waals surface area contributed by atoms with Crippen LogP contribution in [0.5, 0.6) is 0 Å². The largest absolute Gasteiger partial charge is 0.351 e. The molecule has 0 unspecified atom stereocenters. The van der Waals surface area contributed by atoms with Crippen molar-refractivity contribution in [3.05, 3.63) is 41.3 Å². The fourth-order valence-corrected chi connectivity index (χ4v) is 2.22. The molecule has 0 aliphatic rings. The Morgan fingerprint density at radius 1 is 1.22 bits per heavy atom. The molecule has 23 heavy (non-hydrogen) atoms. The molecule has 0 aliphatic carbocycles. The smallest absolute Gasteiger partial charge is 0.252 e. The first-order chi connectivity index (χ1) is 10.8. The first-order valence-corrected chi connectivity index (χ1v) is 7.79. The average Bonchev–Trinajstić information content (AvgIpc) is 2.81. The molecule has 2 rings (SSSR count). The molecule has 0 aromatic carbocycles. The van der Waals surface area contributed by atoms with Crippen molar-refractivity contribution in [1.82, 2.24) is 25.4 Å². The van der Waals surface area contributed by atoms with E-state index in [1.165, 1.54) is 0 Å². The van der Waals surface area contributed by atoms with Crippen LogP contribution in [-0.4, -0.2) is 39.3 Å². The zero-order valence-electron chi connectivity index (χ0n) is 14.5. The van der Waals surface area contributed by atoms with Crippen LogP contribution >= 0.6 is 0 Å². The number of nitrogens with one attached hydrogen (secondary N) is 2. The third-order valence-electron chi connectivity index (χ3n) is 3.30. The molecule has 2 heterocycles. The summed E-state index contributed by atoms with van der Waals surface area (Å²) in [5.74, 6) is 0.592. The summed E-state index contributed by atoms with van der Waals surface area (Å²) in [6.45, 7) is 11.5. The highest BCUT2D eigenvalue weighted by molar-refractivity contribution is 5.93. The highest BCUT2D eigenvalue weighted by Crippen LogP contribution is 2.10. The van der Waals surface area contributed by atoms with Gasteiger partial charge in [0.1, 0.15) is 0 Å². The number of rotatable bonds is 5. The standard InChI is InChI=1S/C17H25N5O/c1-12-10-13(2)22(21-12)15-7-6-14(11-19-15)16(23)18-8-9-20-17(3,4)5/h6-7,10-11,20H,8-9H2,1-5H3,(H,18,23). The summed E-state index contributed by atoms with van der Waals surface area (Å²) in [6, 6.07) is 5.57. The molecule has 0 radical (unpaired) electrons. The van der Waals surface area contributed by atoms with Crippen LogP contribution in [0.1, 0.15) is 42.5 Å². The van der Waals surface area contributed by atoms with E-state index in [1.54, 1.807) is 16.9 Å². The molecule has 2 aromatic heterocycles. The molecule has 6 nitrogen and oxygen atoms in total. The van der Waals surface area contributed by atoms with Crippen LogP contribution in [-0.2, 0) is 0 Å². The molecule has 2 aromatic rings. The van der Waals surface area contributed by atoms with Crippen molar-refractivity contribution >= 4 is 5.91 Å². The molecule has 0 saturated carbocycles. The van der Waals surface area contributed by atoms with E-state index in [4.69, 9.17) is 0 Å². The van der Waals surface area contributed by atoms with E-state index < -0.39 is 0 Å². The van der Waals surface area contributed by atoms with Gasteiger partial charge in [0.15, 0.2) is 5.82 Å². The van der Waals surface area contributed by atoms with Crippen molar-refractivity contribution in [1.29, 1.82) is 0 Å². The molecule has 0 bridgehead atoms. The number of nitrogens with zero attached hydrogens (tertiary/aromatic N) is 3. The Morgan fingerprint density at radius 3 is 2.48 bits per heavy atom. The fourth-order valence-electron chi connectivity index (χ4n) is 2.22. The monoisotopic (exact) mass is 315 g/mol. The maximum absolute atomic E-state index is 12.1. The van der Waals surface area contributed by atoms with Crippen molar-refractivity contribution in [2.75, 3.05) is 13.1 Å². The van der Waals surface area contributed by atoms with Gasteiger partial charge in [0.05, 0.1) is 11.3 Å². The van der Waals surface area contributed by atoms with Gasteiger partial charge in [-0.3, -0.25) is 4.79 Å². The number of pyridine rings is 1. The van der Waals surface area contributed by atoms with E-state index in [2.05, 4.69) is 41.5 Å². The van der Waals surface area contributed by atoms with Crippen LogP contribution in [0.2, 0.25) is 0 Å². The second-order valence-electron chi connectivity index (χ2n) is 6.68. The van der Waals surface area contributed by atoms with E-state index in [0.717, 1.165) is 17.9 Å². The zero-order chi connectivity index (χ0) is 17.0. The van der Waals surface area contributed by atoms with Gasteiger partial charge in [0, 0.05) is 30.5 Å². The van der Waals surface area contributed by atoms with Crippen molar-refractivity contribution in [2.45, 2.75) is 40.2 Å². The highest BCUT2D eigenvalue weighted by Gasteiger charge is 2.10. The van der Waals surface area contributed by atoms with Gasteiger partial charge >= 0.3 is 0 Å². The third kappa shape index (κ3) is 4.89. The van der Waals surface area contributed by atoms with E-state index in [-0.39, 0.29) is 11.4 Å². The Balaban J connectivity index is 1.94. The Labute approximate surface area is 137 Å². The maximum atomic E-state index is 12.1. The molecule has 0 spiro atoms. The summed E-state index contributed by atoms with van der Waals surface area (Å²) in [6.07, 6.45) is 1.58. The van der Waals surface area contributed by atoms with Gasteiger partial charge < -0.3 is 10.6 Å². The topological polar surface area (TPSA) is 71.8 Å². The van der Waals surface area contributed by atoms with Gasteiger partial charge in [0.2, 0.25) is 0 Å². The lowest BCUT2D eigenvalue weighted by atomic mass is 10.1. The Bertz CT molecular complexity index is 667. The molecule has 0 aliphatic heterocycles. The highest BCUT2D eigenvalue weighted by atomic mass is 16.1. The maximum Gasteiger partial charge on any atom is 0.252 e. The summed E-state index contributed by atoms with van der Waals surface area (Å²) in [5.41, 5.74) is 2.55. The number of hydrogen-bond donors (Lipinski definition) is 2. The van der Waals surface area contributed by atoms with Gasteiger partial charge in [-0.25, -0.2) is 9.67 Å². The van der Waals surface area contributed by atoms with Crippen LogP contribution in [0.25, 0.3) is 5.82 Å². The summed E-state index contributed by atoms with van der Waals surface area (Å²) < 4.78 is 1.77. The van der Waals surface area contributed by atoms with E-state index in [9.17, 15) is 4.79 Å². The van der Waals surface area contributed by atoms with E-state index in [0.29, 0.717) is 17.9 Å². The lowest BCUT2D eigenvalue weighted by Crippen LogP contribution is -2.41. The second-order valence-corrected chi connectivity index (χ2v) is 6.68. The SMILES string of the molecule is Cc1cc(C)n(-c2ccc(C(=O)NCCNC(C)(C)C)cn2)n1. The minimum atomic E-state index is -0.117. The summed E-state index contributed by atoms with van der Waals surface area (Å²) >= 11 is 0. The fraction of sp³-hybridized carbons (Fsp3) is 0.471. The van der Waals surface area contributed by atoms with Gasteiger partial charge in [-0.1, -0.05) is 0 Å². The van der Waals surface area contributed by atoms with Crippen molar-refractivity contribution in [3.8, 4) is 5.82 Å². The zero-order valence-corrected chi connectivity index (χ0v) is 14.5. The Kier molecular flexibility index (Phi) is 5.15. The van der Waals surface area contributed by atoms with Crippen LogP contribution in [0.15, 0.2) is 24.4 Å². The second kappa shape index (κ2) is 6.91. The minimum Gasteiger partial charge on any atom is -0.351 e. The first kappa shape index (κ1) is 17.1. The van der Waals surface area contributed by atoms with Crippen molar-refractivity contribution in [2.24, 2.45) is 0 Å². The van der Waals surface area contributed by atoms with Crippen LogP contribution in [0.3, 0.4) is 0 Å². The number of carbonyl (C=O) groups excluding carboxylic acids is 1. The van der Waals surface area contributed by atoms with Gasteiger partial charge in [-0.2, -0.15) is 5.10 Å². The van der Waals surface area contributed by atoms with Crippen LogP contribution in [0.4, 0.5) is 0 Å². The quantitative estimate of drug-likeness (QED) is 0.828. The van der Waals surface area contributed by atoms with Crippen LogP contribution < -0.4 is 10.6 Å². The van der Waals surface area contributed by atoms with Gasteiger partial charge in [0.25, 0.3) is 5.91 Å². The molecular weight excluding hydrogens is 290 g/mol. The number of carbonyl (C=O) groups is 1. The summed E-state index contributed by atoms with van der Waals surface area (Å²) in [7, 11) is 0. The predicted octanol–water partition coefficient (Wildman–Crippen LogP) is 2.00. The Hall–Kier alpha value is -2.21. The average molecular weight is 315 g/mol. The van der Waals surface area contributed by atoms with E-state index in [1.807, 2.05) is 26.0 Å². The van der Waals surface area contributed by atoms with Crippen molar-refractivity contribution < 1.29 is 4.79 Å². The normalized spacial score (nSPS) is 11.5. The molecule has 0 fully saturated rings. The molecule has 6 heteroatoms. The number of aromatic nitrogens is 3. The summed E-state index contributed by atoms with van der Waals surface area (Å²) in [4.78, 5) is 16.4. The molecule has 2 N–H and O–H groups in total. The van der Waals surface area contributed by atoms with Crippen LogP contribution in [0, 0.1) is 13.8 Å². The van der Waals surface area contributed by atoms with Crippen molar-refractivity contribution in [3.63, 3.8) is 0 Å². The number of amides is 1. The number of aryl methyl sites for hydroxylation is 2. The molecule has 0 saturated heterocycles. The third-order valence-corrected chi connectivity index (χ3v) is 3.30. The molecule has 1 amide bonds. The minimum absolute atomic E-state index is 0.0493. The van der Waals surface area contributed by atoms with Gasteiger partial charge in [-0.05, 0) is 52.8 Å². The first-order valence-electron chi connectivity index (χ1n) is 7.79. The number of hydrogen-bond acceptors (Lipinski definition) is 4. The van der Waals surface area contributed by atoms with E-state index >= 15 is 0 Å². The molecule has 0 atom stereocenters. The molecular formula is C17H25N5O. The Morgan fingerprint density at radius 2 is 1.96 bits per heavy atom. The lowest BCUT2D eigenvalue weighted by molar-refractivity contribution is 0.0952. The molecule has 124 valence electrons. The predicted molar refractivity (Wildman–Crippen MR) is 90.9 cm³/mol. The summed E-state index contributed by atoms with van der Waals surface area (Å²) in [5, 5.41) is 10.6. The lowest BCUT2D eigenvalue weighted by Gasteiger charge is -2.20.